The van der Waals surface area contributed by atoms with Gasteiger partial charge in [0.15, 0.2) is 11.5 Å². The van der Waals surface area contributed by atoms with Crippen LogP contribution in [0.3, 0.4) is 0 Å². The average molecular weight is 409 g/mol. The minimum Gasteiger partial charge on any atom is -0.493 e. The summed E-state index contributed by atoms with van der Waals surface area (Å²) in [6.45, 7) is 6.84. The molecule has 0 aromatic heterocycles. The van der Waals surface area contributed by atoms with Crippen LogP contribution >= 0.6 is 0 Å². The van der Waals surface area contributed by atoms with Crippen molar-refractivity contribution in [2.45, 2.75) is 13.5 Å². The first kappa shape index (κ1) is 20.4. The summed E-state index contributed by atoms with van der Waals surface area (Å²) in [5.74, 6) is 0.647. The van der Waals surface area contributed by atoms with Gasteiger partial charge in [-0.15, -0.1) is 0 Å². The molecule has 0 spiro atoms. The highest BCUT2D eigenvalue weighted by Crippen LogP contribution is 2.31. The van der Waals surface area contributed by atoms with E-state index in [0.717, 1.165) is 49.9 Å². The van der Waals surface area contributed by atoms with Gasteiger partial charge in [0.05, 0.1) is 32.1 Å². The molecule has 30 heavy (non-hydrogen) atoms. The van der Waals surface area contributed by atoms with E-state index in [-0.39, 0.29) is 0 Å². The lowest BCUT2D eigenvalue weighted by molar-refractivity contribution is -0.114. The predicted octanol–water partition coefficient (Wildman–Crippen LogP) is 2.32. The van der Waals surface area contributed by atoms with Gasteiger partial charge in [-0.05, 0) is 42.3 Å². The molecule has 7 nitrogen and oxygen atoms in total. The molecule has 2 aliphatic rings. The lowest BCUT2D eigenvalue weighted by atomic mass is 10.1. The third-order valence-corrected chi connectivity index (χ3v) is 5.92. The molecule has 0 atom stereocenters. The van der Waals surface area contributed by atoms with E-state index in [4.69, 9.17) is 9.47 Å². The number of piperazine rings is 1. The number of nitrogens with zero attached hydrogens (tertiary/aromatic N) is 3. The van der Waals surface area contributed by atoms with E-state index in [1.54, 1.807) is 31.3 Å². The molecule has 2 heterocycles. The molecular formula is C23H27N3O4. The van der Waals surface area contributed by atoms with Gasteiger partial charge in [-0.2, -0.15) is 0 Å². The Bertz CT molecular complexity index is 967. The maximum Gasteiger partial charge on any atom is 0.300 e. The minimum absolute atomic E-state index is 0.409. The fraction of sp³-hybridized carbons (Fsp3) is 0.391. The molecule has 7 heteroatoms. The van der Waals surface area contributed by atoms with Gasteiger partial charge < -0.3 is 9.47 Å². The molecule has 158 valence electrons. The molecule has 0 radical (unpaired) electrons. The molecule has 1 amide bonds. The summed E-state index contributed by atoms with van der Waals surface area (Å²) in [4.78, 5) is 30.8. The van der Waals surface area contributed by atoms with Crippen molar-refractivity contribution in [3.8, 4) is 11.5 Å². The van der Waals surface area contributed by atoms with Gasteiger partial charge in [0.2, 0.25) is 0 Å². The third kappa shape index (κ3) is 3.78. The smallest absolute Gasteiger partial charge is 0.300 e. The third-order valence-electron chi connectivity index (χ3n) is 5.92. The summed E-state index contributed by atoms with van der Waals surface area (Å²) in [5.41, 5.74) is 3.61. The van der Waals surface area contributed by atoms with E-state index >= 15 is 0 Å². The van der Waals surface area contributed by atoms with Gasteiger partial charge >= 0.3 is 5.91 Å². The van der Waals surface area contributed by atoms with E-state index in [0.29, 0.717) is 12.2 Å². The Hall–Kier alpha value is -2.90. The fourth-order valence-corrected chi connectivity index (χ4v) is 4.11. The van der Waals surface area contributed by atoms with E-state index in [9.17, 15) is 9.59 Å². The number of benzene rings is 2. The molecule has 0 bridgehead atoms. The Morgan fingerprint density at radius 2 is 1.53 bits per heavy atom. The highest BCUT2D eigenvalue weighted by atomic mass is 16.5. The van der Waals surface area contributed by atoms with Crippen molar-refractivity contribution in [1.82, 2.24) is 9.80 Å². The average Bonchev–Trinajstić information content (AvgIpc) is 3.01. The summed E-state index contributed by atoms with van der Waals surface area (Å²) in [6, 6.07) is 11.3. The predicted molar refractivity (Wildman–Crippen MR) is 114 cm³/mol. The number of carbonyl (C=O) groups excluding carboxylic acids is 2. The zero-order chi connectivity index (χ0) is 21.3. The van der Waals surface area contributed by atoms with Crippen molar-refractivity contribution in [1.29, 1.82) is 0 Å². The molecule has 0 unspecified atom stereocenters. The number of amides is 1. The van der Waals surface area contributed by atoms with Crippen molar-refractivity contribution in [3.63, 3.8) is 0 Å². The van der Waals surface area contributed by atoms with Crippen LogP contribution in [0.4, 0.5) is 5.69 Å². The summed E-state index contributed by atoms with van der Waals surface area (Å²) < 4.78 is 10.8. The van der Waals surface area contributed by atoms with Gasteiger partial charge in [0.25, 0.3) is 5.78 Å². The molecule has 0 aliphatic carbocycles. The van der Waals surface area contributed by atoms with Gasteiger partial charge in [-0.3, -0.25) is 24.3 Å². The van der Waals surface area contributed by atoms with E-state index in [1.807, 2.05) is 24.3 Å². The zero-order valence-electron chi connectivity index (χ0n) is 17.7. The number of anilines is 1. The summed E-state index contributed by atoms with van der Waals surface area (Å²) in [5, 5.41) is 0. The lowest BCUT2D eigenvalue weighted by Crippen LogP contribution is -2.50. The number of methoxy groups -OCH3 is 2. The van der Waals surface area contributed by atoms with Gasteiger partial charge in [0, 0.05) is 32.7 Å². The molecule has 1 fully saturated rings. The second-order valence-electron chi connectivity index (χ2n) is 7.75. The minimum atomic E-state index is -0.431. The molecule has 4 rings (SSSR count). The van der Waals surface area contributed by atoms with Crippen molar-refractivity contribution in [2.24, 2.45) is 0 Å². The van der Waals surface area contributed by atoms with Crippen molar-refractivity contribution >= 4 is 17.4 Å². The highest BCUT2D eigenvalue weighted by Gasteiger charge is 2.36. The van der Waals surface area contributed by atoms with Gasteiger partial charge in [0.1, 0.15) is 0 Å². The van der Waals surface area contributed by atoms with Crippen LogP contribution in [0.25, 0.3) is 0 Å². The Kier molecular flexibility index (Phi) is 5.74. The van der Waals surface area contributed by atoms with Crippen LogP contribution in [0.2, 0.25) is 0 Å². The number of aryl methyl sites for hydroxylation is 1. The zero-order valence-corrected chi connectivity index (χ0v) is 17.7. The van der Waals surface area contributed by atoms with E-state index in [1.165, 1.54) is 11.1 Å². The van der Waals surface area contributed by atoms with Crippen LogP contribution in [0.5, 0.6) is 11.5 Å². The number of para-hydroxylation sites is 1. The molecule has 2 aromatic carbocycles. The first-order chi connectivity index (χ1) is 14.5. The lowest BCUT2D eigenvalue weighted by Gasteiger charge is -2.36. The number of Topliss-reactive ketones (excluding diaryl/α,β-unsaturated/α-hetero) is 1. The number of ketones is 1. The quantitative estimate of drug-likeness (QED) is 0.683. The van der Waals surface area contributed by atoms with E-state index in [2.05, 4.69) is 16.7 Å². The summed E-state index contributed by atoms with van der Waals surface area (Å²) >= 11 is 0. The van der Waals surface area contributed by atoms with Gasteiger partial charge in [-0.1, -0.05) is 12.1 Å². The van der Waals surface area contributed by atoms with Crippen LogP contribution in [-0.2, 0) is 11.3 Å². The van der Waals surface area contributed by atoms with Crippen LogP contribution < -0.4 is 14.4 Å². The molecule has 0 N–H and O–H groups in total. The Balaban J connectivity index is 1.37. The molecule has 2 aliphatic heterocycles. The topological polar surface area (TPSA) is 62.3 Å². The first-order valence-corrected chi connectivity index (χ1v) is 10.1. The van der Waals surface area contributed by atoms with Crippen LogP contribution in [0, 0.1) is 6.92 Å². The first-order valence-electron chi connectivity index (χ1n) is 10.1. The molecule has 1 saturated heterocycles. The summed E-state index contributed by atoms with van der Waals surface area (Å²) in [6.07, 6.45) is 0. The molecule has 2 aromatic rings. The van der Waals surface area contributed by atoms with E-state index < -0.39 is 11.7 Å². The second-order valence-corrected chi connectivity index (χ2v) is 7.75. The summed E-state index contributed by atoms with van der Waals surface area (Å²) in [7, 11) is 3.30. The number of hydrogen-bond donors (Lipinski definition) is 0. The molecular weight excluding hydrogens is 382 g/mol. The number of carbonyl (C=O) groups is 2. The van der Waals surface area contributed by atoms with Crippen LogP contribution in [-0.4, -0.2) is 68.6 Å². The number of hydrogen-bond acceptors (Lipinski definition) is 6. The second kappa shape index (κ2) is 8.45. The Labute approximate surface area is 176 Å². The van der Waals surface area contributed by atoms with Crippen molar-refractivity contribution < 1.29 is 19.1 Å². The highest BCUT2D eigenvalue weighted by molar-refractivity contribution is 6.52. The van der Waals surface area contributed by atoms with Gasteiger partial charge in [-0.25, -0.2) is 0 Å². The Morgan fingerprint density at radius 3 is 2.23 bits per heavy atom. The van der Waals surface area contributed by atoms with Crippen molar-refractivity contribution in [2.75, 3.05) is 52.0 Å². The van der Waals surface area contributed by atoms with Crippen LogP contribution in [0.1, 0.15) is 21.5 Å². The molecule has 0 saturated carbocycles. The standard InChI is InChI=1S/C23H27N3O4/c1-16-12-20(29-2)21(30-3)13-17(16)14-24-8-10-25(11-9-24)15-26-19-7-5-4-6-18(19)22(27)23(26)28/h4-7,12-13H,8-11,14-15H2,1-3H3. The maximum atomic E-state index is 12.4. The SMILES string of the molecule is COc1cc(C)c(CN2CCN(CN3C(=O)C(=O)c4ccccc43)CC2)cc1OC. The number of ether oxygens (including phenoxy) is 2. The monoisotopic (exact) mass is 409 g/mol. The maximum absolute atomic E-state index is 12.4. The largest absolute Gasteiger partial charge is 0.493 e. The van der Waals surface area contributed by atoms with Crippen LogP contribution in [0.15, 0.2) is 36.4 Å². The fourth-order valence-electron chi connectivity index (χ4n) is 4.11. The Morgan fingerprint density at radius 1 is 0.900 bits per heavy atom. The normalized spacial score (nSPS) is 17.4. The van der Waals surface area contributed by atoms with Crippen molar-refractivity contribution in [3.05, 3.63) is 53.1 Å². The number of rotatable bonds is 6. The number of fused-ring (bicyclic) bond motifs is 1.